The number of imide groups is 1. The summed E-state index contributed by atoms with van der Waals surface area (Å²) in [5, 5.41) is 0. The highest BCUT2D eigenvalue weighted by atomic mass is 16.6. The van der Waals surface area contributed by atoms with E-state index in [-0.39, 0.29) is 5.91 Å². The third kappa shape index (κ3) is 4.23. The van der Waals surface area contributed by atoms with Gasteiger partial charge < -0.3 is 4.74 Å². The van der Waals surface area contributed by atoms with Gasteiger partial charge in [-0.2, -0.15) is 0 Å². The summed E-state index contributed by atoms with van der Waals surface area (Å²) >= 11 is 0. The van der Waals surface area contributed by atoms with Gasteiger partial charge in [-0.15, -0.1) is 6.58 Å². The number of carbonyl (C=O) groups excluding carboxylic acids is 2. The van der Waals surface area contributed by atoms with E-state index in [2.05, 4.69) is 6.58 Å². The molecule has 0 aliphatic rings. The van der Waals surface area contributed by atoms with Crippen molar-refractivity contribution in [3.8, 4) is 0 Å². The van der Waals surface area contributed by atoms with E-state index in [9.17, 15) is 9.59 Å². The van der Waals surface area contributed by atoms with Crippen molar-refractivity contribution in [3.05, 3.63) is 42.5 Å². The van der Waals surface area contributed by atoms with Crippen molar-refractivity contribution in [1.82, 2.24) is 0 Å². The third-order valence-electron chi connectivity index (χ3n) is 2.49. The van der Waals surface area contributed by atoms with Gasteiger partial charge in [0.1, 0.15) is 5.60 Å². The van der Waals surface area contributed by atoms with Crippen LogP contribution < -0.4 is 4.90 Å². The molecule has 108 valence electrons. The average Bonchev–Trinajstić information content (AvgIpc) is 2.29. The Morgan fingerprint density at radius 1 is 1.30 bits per heavy atom. The maximum absolute atomic E-state index is 12.2. The molecule has 0 aliphatic heterocycles. The van der Waals surface area contributed by atoms with Gasteiger partial charge in [-0.05, 0) is 38.8 Å². The van der Waals surface area contributed by atoms with Crippen LogP contribution >= 0.6 is 0 Å². The second-order valence-corrected chi connectivity index (χ2v) is 5.46. The lowest BCUT2D eigenvalue weighted by molar-refractivity contribution is -0.116. The fourth-order valence-corrected chi connectivity index (χ4v) is 1.76. The van der Waals surface area contributed by atoms with Gasteiger partial charge in [0.2, 0.25) is 5.91 Å². The van der Waals surface area contributed by atoms with Crippen molar-refractivity contribution in [2.24, 2.45) is 0 Å². The SMILES string of the molecule is C=CCc1ccccc1N(C(C)=O)C(=O)OC(C)(C)C. The zero-order valence-electron chi connectivity index (χ0n) is 12.5. The molecule has 4 nitrogen and oxygen atoms in total. The van der Waals surface area contributed by atoms with Crippen LogP contribution in [0.4, 0.5) is 10.5 Å². The number of benzene rings is 1. The number of hydrogen-bond donors (Lipinski definition) is 0. The van der Waals surface area contributed by atoms with E-state index in [1.54, 1.807) is 39.0 Å². The molecule has 0 aromatic heterocycles. The monoisotopic (exact) mass is 275 g/mol. The lowest BCUT2D eigenvalue weighted by atomic mass is 10.1. The second-order valence-electron chi connectivity index (χ2n) is 5.46. The quantitative estimate of drug-likeness (QED) is 0.790. The number of carbonyl (C=O) groups is 2. The molecule has 20 heavy (non-hydrogen) atoms. The molecule has 4 heteroatoms. The minimum atomic E-state index is -0.665. The lowest BCUT2D eigenvalue weighted by Gasteiger charge is -2.26. The Kier molecular flexibility index (Phi) is 5.08. The first-order valence-corrected chi connectivity index (χ1v) is 6.48. The normalized spacial score (nSPS) is 10.8. The molecule has 0 saturated carbocycles. The summed E-state index contributed by atoms with van der Waals surface area (Å²) in [6, 6.07) is 7.22. The van der Waals surface area contributed by atoms with Gasteiger partial charge in [0.25, 0.3) is 0 Å². The van der Waals surface area contributed by atoms with E-state index < -0.39 is 11.7 Å². The van der Waals surface area contributed by atoms with E-state index in [1.807, 2.05) is 12.1 Å². The Labute approximate surface area is 120 Å². The molecule has 0 N–H and O–H groups in total. The van der Waals surface area contributed by atoms with Crippen LogP contribution in [-0.2, 0) is 16.0 Å². The summed E-state index contributed by atoms with van der Waals surface area (Å²) in [5.41, 5.74) is 0.732. The van der Waals surface area contributed by atoms with Gasteiger partial charge in [-0.25, -0.2) is 9.69 Å². The van der Waals surface area contributed by atoms with Crippen LogP contribution in [0.2, 0.25) is 0 Å². The van der Waals surface area contributed by atoms with Gasteiger partial charge in [0.15, 0.2) is 0 Å². The number of hydrogen-bond acceptors (Lipinski definition) is 3. The highest BCUT2D eigenvalue weighted by Gasteiger charge is 2.27. The molecule has 2 amide bonds. The summed E-state index contributed by atoms with van der Waals surface area (Å²) in [4.78, 5) is 25.1. The highest BCUT2D eigenvalue weighted by Crippen LogP contribution is 2.23. The molecule has 1 rings (SSSR count). The second kappa shape index (κ2) is 6.37. The smallest absolute Gasteiger partial charge is 0.421 e. The number of nitrogens with zero attached hydrogens (tertiary/aromatic N) is 1. The number of allylic oxidation sites excluding steroid dienone is 1. The first kappa shape index (κ1) is 16.0. The van der Waals surface area contributed by atoms with Crippen LogP contribution in [-0.4, -0.2) is 17.6 Å². The van der Waals surface area contributed by atoms with Crippen molar-refractivity contribution in [2.75, 3.05) is 4.90 Å². The Bertz CT molecular complexity index is 515. The van der Waals surface area contributed by atoms with Crippen LogP contribution in [0.25, 0.3) is 0 Å². The topological polar surface area (TPSA) is 46.6 Å². The van der Waals surface area contributed by atoms with Crippen LogP contribution in [0.15, 0.2) is 36.9 Å². The fourth-order valence-electron chi connectivity index (χ4n) is 1.76. The zero-order valence-corrected chi connectivity index (χ0v) is 12.5. The number of amides is 2. The van der Waals surface area contributed by atoms with Gasteiger partial charge in [0, 0.05) is 6.92 Å². The Balaban J connectivity index is 3.18. The Morgan fingerprint density at radius 3 is 2.40 bits per heavy atom. The molecule has 0 fully saturated rings. The van der Waals surface area contributed by atoms with Gasteiger partial charge in [0.05, 0.1) is 5.69 Å². The maximum Gasteiger partial charge on any atom is 0.421 e. The summed E-state index contributed by atoms with van der Waals surface area (Å²) in [7, 11) is 0. The van der Waals surface area contributed by atoms with Crippen LogP contribution in [0, 0.1) is 0 Å². The van der Waals surface area contributed by atoms with E-state index in [0.29, 0.717) is 12.1 Å². The first-order chi connectivity index (χ1) is 9.26. The van der Waals surface area contributed by atoms with E-state index in [0.717, 1.165) is 10.5 Å². The van der Waals surface area contributed by atoms with Gasteiger partial charge in [-0.1, -0.05) is 24.3 Å². The molecule has 0 unspecified atom stereocenters. The number of para-hydroxylation sites is 1. The van der Waals surface area contributed by atoms with Crippen LogP contribution in [0.1, 0.15) is 33.3 Å². The maximum atomic E-state index is 12.2. The van der Waals surface area contributed by atoms with Crippen molar-refractivity contribution >= 4 is 17.7 Å². The highest BCUT2D eigenvalue weighted by molar-refractivity contribution is 6.11. The van der Waals surface area contributed by atoms with Crippen molar-refractivity contribution < 1.29 is 14.3 Å². The molecule has 1 aromatic rings. The summed E-state index contributed by atoms with van der Waals surface area (Å²) in [6.45, 7) is 10.3. The number of ether oxygens (including phenoxy) is 1. The summed E-state index contributed by atoms with van der Waals surface area (Å²) in [6.07, 6.45) is 1.64. The first-order valence-electron chi connectivity index (χ1n) is 6.48. The van der Waals surface area contributed by atoms with E-state index in [4.69, 9.17) is 4.74 Å². The third-order valence-corrected chi connectivity index (χ3v) is 2.49. The molecule has 0 spiro atoms. The Hall–Kier alpha value is -2.10. The van der Waals surface area contributed by atoms with E-state index >= 15 is 0 Å². The molecular weight excluding hydrogens is 254 g/mol. The molecule has 0 saturated heterocycles. The Morgan fingerprint density at radius 2 is 1.90 bits per heavy atom. The number of rotatable bonds is 3. The van der Waals surface area contributed by atoms with Gasteiger partial charge >= 0.3 is 6.09 Å². The average molecular weight is 275 g/mol. The molecule has 0 heterocycles. The molecular formula is C16H21NO3. The predicted molar refractivity (Wildman–Crippen MR) is 79.7 cm³/mol. The molecule has 0 bridgehead atoms. The molecule has 0 aliphatic carbocycles. The fraction of sp³-hybridized carbons (Fsp3) is 0.375. The zero-order chi connectivity index (χ0) is 15.3. The summed E-state index contributed by atoms with van der Waals surface area (Å²) < 4.78 is 5.29. The number of anilines is 1. The van der Waals surface area contributed by atoms with Crippen LogP contribution in [0.3, 0.4) is 0 Å². The molecule has 0 radical (unpaired) electrons. The minimum absolute atomic E-state index is 0.379. The lowest BCUT2D eigenvalue weighted by Crippen LogP contribution is -2.40. The molecule has 1 aromatic carbocycles. The van der Waals surface area contributed by atoms with E-state index in [1.165, 1.54) is 6.92 Å². The van der Waals surface area contributed by atoms with Crippen molar-refractivity contribution in [3.63, 3.8) is 0 Å². The van der Waals surface area contributed by atoms with Gasteiger partial charge in [-0.3, -0.25) is 4.79 Å². The van der Waals surface area contributed by atoms with Crippen molar-refractivity contribution in [2.45, 2.75) is 39.7 Å². The standard InChI is InChI=1S/C16H21NO3/c1-6-9-13-10-7-8-11-14(13)17(12(2)18)15(19)20-16(3,4)5/h6-8,10-11H,1,9H2,2-5H3. The molecule has 0 atom stereocenters. The minimum Gasteiger partial charge on any atom is -0.443 e. The largest absolute Gasteiger partial charge is 0.443 e. The predicted octanol–water partition coefficient (Wildman–Crippen LogP) is 3.70. The summed E-state index contributed by atoms with van der Waals surface area (Å²) in [5.74, 6) is -0.379. The van der Waals surface area contributed by atoms with Crippen LogP contribution in [0.5, 0.6) is 0 Å². The van der Waals surface area contributed by atoms with Crippen molar-refractivity contribution in [1.29, 1.82) is 0 Å².